The monoisotopic (exact) mass is 334 g/mol. The van der Waals surface area contributed by atoms with Crippen molar-refractivity contribution in [1.29, 1.82) is 0 Å². The summed E-state index contributed by atoms with van der Waals surface area (Å²) in [6, 6.07) is 2.24. The first-order chi connectivity index (χ1) is 11.2. The van der Waals surface area contributed by atoms with Crippen LogP contribution in [0.2, 0.25) is 0 Å². The number of fused-ring (bicyclic) bond motifs is 1. The number of hydrogen-bond acceptors (Lipinski definition) is 3. The van der Waals surface area contributed by atoms with E-state index < -0.39 is 0 Å². The van der Waals surface area contributed by atoms with Crippen molar-refractivity contribution in [1.82, 2.24) is 10.2 Å². The molecule has 2 fully saturated rings. The van der Waals surface area contributed by atoms with Crippen molar-refractivity contribution in [3.8, 4) is 0 Å². The van der Waals surface area contributed by atoms with Gasteiger partial charge in [0.1, 0.15) is 0 Å². The molecule has 0 aromatic carbocycles. The maximum absolute atomic E-state index is 12.6. The van der Waals surface area contributed by atoms with E-state index in [2.05, 4.69) is 17.1 Å². The maximum Gasteiger partial charge on any atom is 0.252 e. The van der Waals surface area contributed by atoms with Crippen molar-refractivity contribution in [2.75, 3.05) is 13.1 Å². The molecule has 23 heavy (non-hydrogen) atoms. The van der Waals surface area contributed by atoms with Gasteiger partial charge in [0, 0.05) is 36.5 Å². The van der Waals surface area contributed by atoms with E-state index in [-0.39, 0.29) is 11.8 Å². The zero-order valence-corrected chi connectivity index (χ0v) is 14.6. The summed E-state index contributed by atoms with van der Waals surface area (Å²) in [4.78, 5) is 26.6. The van der Waals surface area contributed by atoms with Gasteiger partial charge in [0.15, 0.2) is 0 Å². The summed E-state index contributed by atoms with van der Waals surface area (Å²) in [5.41, 5.74) is 0.682. The number of nitrogens with one attached hydrogen (secondary N) is 1. The van der Waals surface area contributed by atoms with Crippen LogP contribution in [0.5, 0.6) is 0 Å². The van der Waals surface area contributed by atoms with Crippen LogP contribution in [0.3, 0.4) is 0 Å². The van der Waals surface area contributed by atoms with E-state index in [9.17, 15) is 9.59 Å². The van der Waals surface area contributed by atoms with Crippen LogP contribution in [0.25, 0.3) is 0 Å². The van der Waals surface area contributed by atoms with Crippen molar-refractivity contribution >= 4 is 23.2 Å². The van der Waals surface area contributed by atoms with Crippen molar-refractivity contribution in [2.45, 2.75) is 51.5 Å². The minimum Gasteiger partial charge on any atom is -0.351 e. The van der Waals surface area contributed by atoms with Crippen molar-refractivity contribution in [2.24, 2.45) is 11.8 Å². The lowest BCUT2D eigenvalue weighted by atomic mass is 9.72. The summed E-state index contributed by atoms with van der Waals surface area (Å²) in [5, 5.41) is 6.57. The smallest absolute Gasteiger partial charge is 0.252 e. The Kier molecular flexibility index (Phi) is 5.36. The Balaban J connectivity index is 1.50. The summed E-state index contributed by atoms with van der Waals surface area (Å²) in [6.45, 7) is 3.66. The number of carbonyl (C=O) groups excluding carboxylic acids is 2. The summed E-state index contributed by atoms with van der Waals surface area (Å²) in [7, 11) is 0. The molecule has 2 aliphatic rings. The van der Waals surface area contributed by atoms with Gasteiger partial charge < -0.3 is 10.2 Å². The number of carbonyl (C=O) groups is 2. The van der Waals surface area contributed by atoms with Crippen LogP contribution >= 0.6 is 11.3 Å². The molecule has 1 saturated heterocycles. The fraction of sp³-hybridized carbons (Fsp3) is 0.667. The van der Waals surface area contributed by atoms with E-state index in [0.29, 0.717) is 30.5 Å². The highest BCUT2D eigenvalue weighted by Gasteiger charge is 2.38. The Hall–Kier alpha value is -1.36. The van der Waals surface area contributed by atoms with Crippen LogP contribution in [-0.2, 0) is 4.79 Å². The highest BCUT2D eigenvalue weighted by atomic mass is 32.1. The second-order valence-corrected chi connectivity index (χ2v) is 7.67. The maximum atomic E-state index is 12.6. The first-order valence-corrected chi connectivity index (χ1v) is 9.71. The molecule has 3 rings (SSSR count). The summed E-state index contributed by atoms with van der Waals surface area (Å²) < 4.78 is 0. The molecule has 1 N–H and O–H groups in total. The first-order valence-electron chi connectivity index (χ1n) is 8.76. The Morgan fingerprint density at radius 3 is 2.91 bits per heavy atom. The normalized spacial score (nSPS) is 27.3. The molecule has 2 heterocycles. The Labute approximate surface area is 142 Å². The molecular weight excluding hydrogens is 308 g/mol. The number of piperidine rings is 1. The predicted molar refractivity (Wildman–Crippen MR) is 92.5 cm³/mol. The second-order valence-electron chi connectivity index (χ2n) is 6.89. The molecule has 0 bridgehead atoms. The molecule has 0 radical (unpaired) electrons. The van der Waals surface area contributed by atoms with Crippen LogP contribution < -0.4 is 5.32 Å². The number of amides is 2. The van der Waals surface area contributed by atoms with Crippen LogP contribution in [0.15, 0.2) is 16.8 Å². The van der Waals surface area contributed by atoms with Gasteiger partial charge in [-0.1, -0.05) is 19.8 Å². The third-order valence-corrected chi connectivity index (χ3v) is 6.15. The van der Waals surface area contributed by atoms with Gasteiger partial charge in [-0.15, -0.1) is 0 Å². The van der Waals surface area contributed by atoms with Gasteiger partial charge in [-0.3, -0.25) is 9.59 Å². The highest BCUT2D eigenvalue weighted by molar-refractivity contribution is 7.08. The van der Waals surface area contributed by atoms with Gasteiger partial charge in [0.25, 0.3) is 5.91 Å². The zero-order valence-electron chi connectivity index (χ0n) is 13.8. The molecule has 1 aromatic heterocycles. The highest BCUT2D eigenvalue weighted by Crippen LogP contribution is 2.38. The van der Waals surface area contributed by atoms with E-state index in [0.717, 1.165) is 25.3 Å². The number of likely N-dealkylation sites (tertiary alicyclic amines) is 1. The fourth-order valence-electron chi connectivity index (χ4n) is 4.15. The summed E-state index contributed by atoms with van der Waals surface area (Å²) in [6.07, 6.45) is 6.50. The van der Waals surface area contributed by atoms with Crippen molar-refractivity contribution < 1.29 is 9.59 Å². The molecule has 3 atom stereocenters. The number of hydrogen-bond donors (Lipinski definition) is 1. The van der Waals surface area contributed by atoms with E-state index in [1.54, 1.807) is 6.07 Å². The Bertz CT molecular complexity index is 543. The van der Waals surface area contributed by atoms with E-state index >= 15 is 0 Å². The molecule has 0 spiro atoms. The average molecular weight is 334 g/mol. The summed E-state index contributed by atoms with van der Waals surface area (Å²) in [5.74, 6) is 1.55. The van der Waals surface area contributed by atoms with Gasteiger partial charge in [-0.2, -0.15) is 11.3 Å². The molecule has 1 aromatic rings. The van der Waals surface area contributed by atoms with E-state index in [1.807, 2.05) is 10.8 Å². The first kappa shape index (κ1) is 16.5. The number of thiophene rings is 1. The Morgan fingerprint density at radius 1 is 1.30 bits per heavy atom. The number of rotatable bonds is 4. The lowest BCUT2D eigenvalue weighted by Crippen LogP contribution is -2.52. The minimum atomic E-state index is -0.0816. The molecule has 4 nitrogen and oxygen atoms in total. The molecule has 2 amide bonds. The van der Waals surface area contributed by atoms with Crippen molar-refractivity contribution in [3.63, 3.8) is 0 Å². The van der Waals surface area contributed by atoms with E-state index in [1.165, 1.54) is 30.6 Å². The van der Waals surface area contributed by atoms with E-state index in [4.69, 9.17) is 0 Å². The van der Waals surface area contributed by atoms with Crippen LogP contribution in [0, 0.1) is 11.8 Å². The van der Waals surface area contributed by atoms with Gasteiger partial charge >= 0.3 is 0 Å². The Morgan fingerprint density at radius 2 is 2.13 bits per heavy atom. The molecule has 1 saturated carbocycles. The molecule has 1 aliphatic carbocycles. The molecule has 126 valence electrons. The minimum absolute atomic E-state index is 0.0816. The van der Waals surface area contributed by atoms with Gasteiger partial charge in [0.2, 0.25) is 5.91 Å². The van der Waals surface area contributed by atoms with Crippen LogP contribution in [0.1, 0.15) is 55.8 Å². The molecule has 1 aliphatic heterocycles. The second kappa shape index (κ2) is 7.47. The molecule has 5 heteroatoms. The molecule has 0 unspecified atom stereocenters. The largest absolute Gasteiger partial charge is 0.351 e. The topological polar surface area (TPSA) is 49.4 Å². The SMILES string of the molecule is C[C@H]1CCN(C(=O)CCNC(=O)c2ccsc2)[C@@H]2CCCC[C@@H]21. The predicted octanol–water partition coefficient (Wildman–Crippen LogP) is 3.30. The third-order valence-electron chi connectivity index (χ3n) is 5.47. The van der Waals surface area contributed by atoms with Gasteiger partial charge in [-0.05, 0) is 42.5 Å². The summed E-state index contributed by atoms with van der Waals surface area (Å²) >= 11 is 1.51. The lowest BCUT2D eigenvalue weighted by Gasteiger charge is -2.47. The standard InChI is InChI=1S/C18H26N2O2S/c1-13-7-10-20(16-5-3-2-4-15(13)16)17(21)6-9-19-18(22)14-8-11-23-12-14/h8,11-13,15-16H,2-7,9-10H2,1H3,(H,19,22)/t13-,15+,16+/m0/s1. The van der Waals surface area contributed by atoms with Gasteiger partial charge in [0.05, 0.1) is 0 Å². The van der Waals surface area contributed by atoms with Crippen molar-refractivity contribution in [3.05, 3.63) is 22.4 Å². The quantitative estimate of drug-likeness (QED) is 0.918. The molecular formula is C18H26N2O2S. The van der Waals surface area contributed by atoms with Crippen LogP contribution in [0.4, 0.5) is 0 Å². The zero-order chi connectivity index (χ0) is 16.2. The number of nitrogens with zero attached hydrogens (tertiary/aromatic N) is 1. The third kappa shape index (κ3) is 3.77. The average Bonchev–Trinajstić information content (AvgIpc) is 3.10. The van der Waals surface area contributed by atoms with Gasteiger partial charge in [-0.25, -0.2) is 0 Å². The lowest BCUT2D eigenvalue weighted by molar-refractivity contribution is -0.138. The fourth-order valence-corrected chi connectivity index (χ4v) is 4.78. The van der Waals surface area contributed by atoms with Crippen LogP contribution in [-0.4, -0.2) is 35.8 Å².